The first-order valence-corrected chi connectivity index (χ1v) is 11.3. The van der Waals surface area contributed by atoms with Crippen LogP contribution in [0.25, 0.3) is 10.2 Å². The normalized spacial score (nSPS) is 17.5. The van der Waals surface area contributed by atoms with Crippen molar-refractivity contribution in [1.29, 1.82) is 0 Å². The second-order valence-electron chi connectivity index (χ2n) is 8.58. The van der Waals surface area contributed by atoms with Crippen LogP contribution in [0, 0.1) is 11.3 Å². The molecule has 0 radical (unpaired) electrons. The van der Waals surface area contributed by atoms with Gasteiger partial charge in [0.2, 0.25) is 0 Å². The van der Waals surface area contributed by atoms with Crippen LogP contribution in [0.4, 0.5) is 0 Å². The van der Waals surface area contributed by atoms with Gasteiger partial charge in [-0.15, -0.1) is 11.3 Å². The lowest BCUT2D eigenvalue weighted by Gasteiger charge is -2.33. The lowest BCUT2D eigenvalue weighted by molar-refractivity contribution is 0.218. The number of hydrogen-bond donors (Lipinski definition) is 0. The van der Waals surface area contributed by atoms with Crippen LogP contribution >= 0.6 is 23.1 Å². The standard InChI is InChI=1S/C21H30N2OS2/c1-7-10-25-20-22-18-17(19(24)23(20)12-13(2)3)15-9-8-14(21(4,5)6)11-16(15)26-18/h14H,2,7-12H2,1,3-6H3/t14-/m0/s1. The second kappa shape index (κ2) is 7.51. The third-order valence-electron chi connectivity index (χ3n) is 5.22. The van der Waals surface area contributed by atoms with E-state index in [0.717, 1.165) is 52.4 Å². The van der Waals surface area contributed by atoms with Crippen LogP contribution in [0.3, 0.4) is 0 Å². The smallest absolute Gasteiger partial charge is 0.263 e. The fourth-order valence-corrected chi connectivity index (χ4v) is 5.89. The molecule has 0 amide bonds. The Morgan fingerprint density at radius 1 is 1.42 bits per heavy atom. The lowest BCUT2D eigenvalue weighted by Crippen LogP contribution is -2.27. The molecule has 26 heavy (non-hydrogen) atoms. The van der Waals surface area contributed by atoms with Gasteiger partial charge >= 0.3 is 0 Å². The molecule has 2 aromatic heterocycles. The Morgan fingerprint density at radius 2 is 2.15 bits per heavy atom. The highest BCUT2D eigenvalue weighted by molar-refractivity contribution is 7.99. The van der Waals surface area contributed by atoms with Gasteiger partial charge in [0.1, 0.15) is 4.83 Å². The van der Waals surface area contributed by atoms with Gasteiger partial charge in [-0.2, -0.15) is 0 Å². The molecular weight excluding hydrogens is 360 g/mol. The number of aryl methyl sites for hydroxylation is 1. The van der Waals surface area contributed by atoms with Crippen molar-refractivity contribution in [3.05, 3.63) is 32.9 Å². The van der Waals surface area contributed by atoms with Gasteiger partial charge in [-0.05, 0) is 49.5 Å². The predicted octanol–water partition coefficient (Wildman–Crippen LogP) is 5.69. The molecule has 0 saturated heterocycles. The Bertz CT molecular complexity index is 886. The van der Waals surface area contributed by atoms with E-state index in [1.54, 1.807) is 23.1 Å². The van der Waals surface area contributed by atoms with Gasteiger partial charge in [0, 0.05) is 17.2 Å². The minimum atomic E-state index is 0.128. The Balaban J connectivity index is 2.12. The number of nitrogens with zero attached hydrogens (tertiary/aromatic N) is 2. The fraction of sp³-hybridized carbons (Fsp3) is 0.619. The Hall–Kier alpha value is -1.07. The Morgan fingerprint density at radius 3 is 2.77 bits per heavy atom. The van der Waals surface area contributed by atoms with Gasteiger partial charge in [0.05, 0.1) is 5.39 Å². The van der Waals surface area contributed by atoms with E-state index < -0.39 is 0 Å². The van der Waals surface area contributed by atoms with Gasteiger partial charge in [0.15, 0.2) is 5.16 Å². The third-order valence-corrected chi connectivity index (χ3v) is 7.55. The van der Waals surface area contributed by atoms with Gasteiger partial charge in [0.25, 0.3) is 5.56 Å². The summed E-state index contributed by atoms with van der Waals surface area (Å²) in [6.45, 7) is 15.7. The van der Waals surface area contributed by atoms with E-state index in [2.05, 4.69) is 34.3 Å². The first-order valence-electron chi connectivity index (χ1n) is 9.54. The molecule has 0 aliphatic heterocycles. The summed E-state index contributed by atoms with van der Waals surface area (Å²) in [4.78, 5) is 20.6. The van der Waals surface area contributed by atoms with E-state index in [9.17, 15) is 4.79 Å². The summed E-state index contributed by atoms with van der Waals surface area (Å²) < 4.78 is 1.84. The number of aromatic nitrogens is 2. The summed E-state index contributed by atoms with van der Waals surface area (Å²) in [5, 5.41) is 1.72. The summed E-state index contributed by atoms with van der Waals surface area (Å²) in [7, 11) is 0. The van der Waals surface area contributed by atoms with Crippen LogP contribution in [0.1, 0.15) is 57.9 Å². The Labute approximate surface area is 164 Å². The van der Waals surface area contributed by atoms with Gasteiger partial charge < -0.3 is 0 Å². The number of rotatable bonds is 5. The molecule has 0 unspecified atom stereocenters. The van der Waals surface area contributed by atoms with Crippen molar-refractivity contribution >= 4 is 33.3 Å². The molecule has 3 nitrogen and oxygen atoms in total. The van der Waals surface area contributed by atoms with Crippen LogP contribution in [0.5, 0.6) is 0 Å². The van der Waals surface area contributed by atoms with Crippen LogP contribution in [-0.4, -0.2) is 15.3 Å². The molecule has 0 aromatic carbocycles. The minimum Gasteiger partial charge on any atom is -0.283 e. The molecule has 3 rings (SSSR count). The molecule has 1 aliphatic carbocycles. The molecule has 0 bridgehead atoms. The monoisotopic (exact) mass is 390 g/mol. The van der Waals surface area contributed by atoms with Gasteiger partial charge in [-0.1, -0.05) is 51.6 Å². The van der Waals surface area contributed by atoms with Crippen LogP contribution in [0.2, 0.25) is 0 Å². The lowest BCUT2D eigenvalue weighted by atomic mass is 9.72. The summed E-state index contributed by atoms with van der Waals surface area (Å²) in [5.41, 5.74) is 2.70. The second-order valence-corrected chi connectivity index (χ2v) is 10.7. The van der Waals surface area contributed by atoms with Crippen molar-refractivity contribution in [3.63, 3.8) is 0 Å². The van der Waals surface area contributed by atoms with E-state index in [1.165, 1.54) is 10.4 Å². The molecule has 1 atom stereocenters. The first-order chi connectivity index (χ1) is 12.2. The van der Waals surface area contributed by atoms with Crippen molar-refractivity contribution in [1.82, 2.24) is 9.55 Å². The van der Waals surface area contributed by atoms with Crippen molar-refractivity contribution in [2.75, 3.05) is 5.75 Å². The maximum absolute atomic E-state index is 13.3. The molecule has 0 spiro atoms. The minimum absolute atomic E-state index is 0.128. The molecule has 5 heteroatoms. The maximum atomic E-state index is 13.3. The van der Waals surface area contributed by atoms with Gasteiger partial charge in [-0.3, -0.25) is 9.36 Å². The highest BCUT2D eigenvalue weighted by Crippen LogP contribution is 2.42. The SMILES string of the molecule is C=C(C)Cn1c(SCCC)nc2sc3c(c2c1=O)CC[C@H](C(C)(C)C)C3. The molecular formula is C21H30N2OS2. The maximum Gasteiger partial charge on any atom is 0.263 e. The van der Waals surface area contributed by atoms with Crippen LogP contribution in [0.15, 0.2) is 22.1 Å². The van der Waals surface area contributed by atoms with E-state index in [1.807, 2.05) is 11.5 Å². The number of hydrogen-bond acceptors (Lipinski definition) is 4. The van der Waals surface area contributed by atoms with Crippen LogP contribution in [-0.2, 0) is 19.4 Å². The molecule has 2 heterocycles. The van der Waals surface area contributed by atoms with E-state index in [4.69, 9.17) is 4.98 Å². The van der Waals surface area contributed by atoms with E-state index in [0.29, 0.717) is 17.9 Å². The molecule has 2 aromatic rings. The van der Waals surface area contributed by atoms with Crippen molar-refractivity contribution in [2.24, 2.45) is 11.3 Å². The predicted molar refractivity (Wildman–Crippen MR) is 115 cm³/mol. The average Bonchev–Trinajstić information content (AvgIpc) is 2.92. The summed E-state index contributed by atoms with van der Waals surface area (Å²) >= 11 is 3.43. The van der Waals surface area contributed by atoms with Crippen molar-refractivity contribution in [3.8, 4) is 0 Å². The summed E-state index contributed by atoms with van der Waals surface area (Å²) in [6.07, 6.45) is 4.31. The zero-order valence-corrected chi connectivity index (χ0v) is 18.3. The highest BCUT2D eigenvalue weighted by atomic mass is 32.2. The molecule has 142 valence electrons. The Kier molecular flexibility index (Phi) is 5.69. The number of fused-ring (bicyclic) bond motifs is 3. The van der Waals surface area contributed by atoms with E-state index in [-0.39, 0.29) is 5.56 Å². The summed E-state index contributed by atoms with van der Waals surface area (Å²) in [5.74, 6) is 1.65. The van der Waals surface area contributed by atoms with Crippen molar-refractivity contribution in [2.45, 2.75) is 72.0 Å². The number of thioether (sulfide) groups is 1. The molecule has 0 N–H and O–H groups in total. The summed E-state index contributed by atoms with van der Waals surface area (Å²) in [6, 6.07) is 0. The number of thiophene rings is 1. The third kappa shape index (κ3) is 3.79. The quantitative estimate of drug-likeness (QED) is 0.374. The molecule has 0 fully saturated rings. The molecule has 1 aliphatic rings. The first kappa shape index (κ1) is 19.7. The van der Waals surface area contributed by atoms with Crippen molar-refractivity contribution < 1.29 is 0 Å². The topological polar surface area (TPSA) is 34.9 Å². The average molecular weight is 391 g/mol. The number of allylic oxidation sites excluding steroid dienone is 1. The van der Waals surface area contributed by atoms with Crippen LogP contribution < -0.4 is 5.56 Å². The van der Waals surface area contributed by atoms with E-state index >= 15 is 0 Å². The zero-order chi connectivity index (χ0) is 19.1. The highest BCUT2D eigenvalue weighted by Gasteiger charge is 2.32. The fourth-order valence-electron chi connectivity index (χ4n) is 3.69. The largest absolute Gasteiger partial charge is 0.283 e. The molecule has 0 saturated carbocycles. The zero-order valence-electron chi connectivity index (χ0n) is 16.6. The van der Waals surface area contributed by atoms with Gasteiger partial charge in [-0.25, -0.2) is 4.98 Å².